The van der Waals surface area contributed by atoms with Crippen LogP contribution < -0.4 is 16.4 Å². The average molecular weight is 269 g/mol. The molecule has 0 radical (unpaired) electrons. The van der Waals surface area contributed by atoms with Crippen LogP contribution in [0.3, 0.4) is 0 Å². The Hall–Kier alpha value is -1.27. The van der Waals surface area contributed by atoms with Crippen LogP contribution in [0.15, 0.2) is 6.07 Å². The average Bonchev–Trinajstić information content (AvgIpc) is 2.72. The number of anilines is 2. The molecule has 1 aliphatic rings. The predicted octanol–water partition coefficient (Wildman–Crippen LogP) is 1.43. The number of carbonyl (C=O) groups excluding carboxylic acids is 1. The van der Waals surface area contributed by atoms with Crippen molar-refractivity contribution in [2.45, 2.75) is 25.8 Å². The topological polar surface area (TPSA) is 81.6 Å². The van der Waals surface area contributed by atoms with Crippen molar-refractivity contribution in [3.8, 4) is 0 Å². The van der Waals surface area contributed by atoms with Gasteiger partial charge < -0.3 is 21.1 Å². The third-order valence-electron chi connectivity index (χ3n) is 3.06. The highest BCUT2D eigenvalue weighted by molar-refractivity contribution is 7.18. The molecule has 6 heteroatoms. The zero-order valence-electron chi connectivity index (χ0n) is 10.5. The van der Waals surface area contributed by atoms with E-state index in [9.17, 15) is 4.79 Å². The Morgan fingerprint density at radius 2 is 2.22 bits per heavy atom. The quantitative estimate of drug-likeness (QED) is 0.811. The van der Waals surface area contributed by atoms with E-state index in [0.717, 1.165) is 30.9 Å². The summed E-state index contributed by atoms with van der Waals surface area (Å²) in [5.41, 5.74) is 12.2. The van der Waals surface area contributed by atoms with Crippen molar-refractivity contribution >= 4 is 28.0 Å². The van der Waals surface area contributed by atoms with Crippen LogP contribution >= 0.6 is 11.3 Å². The van der Waals surface area contributed by atoms with E-state index in [1.165, 1.54) is 11.3 Å². The Bertz CT molecular complexity index is 425. The fourth-order valence-corrected chi connectivity index (χ4v) is 3.05. The van der Waals surface area contributed by atoms with Gasteiger partial charge in [-0.1, -0.05) is 0 Å². The molecule has 0 unspecified atom stereocenters. The molecule has 0 atom stereocenters. The van der Waals surface area contributed by atoms with E-state index >= 15 is 0 Å². The Labute approximate surface area is 111 Å². The van der Waals surface area contributed by atoms with Crippen LogP contribution in [0.1, 0.15) is 29.4 Å². The second-order valence-electron chi connectivity index (χ2n) is 4.41. The van der Waals surface area contributed by atoms with Crippen molar-refractivity contribution in [3.63, 3.8) is 0 Å². The molecule has 0 aliphatic carbocycles. The van der Waals surface area contributed by atoms with E-state index in [-0.39, 0.29) is 5.97 Å². The fraction of sp³-hybridized carbons (Fsp3) is 0.583. The van der Waals surface area contributed by atoms with E-state index in [2.05, 4.69) is 4.90 Å². The summed E-state index contributed by atoms with van der Waals surface area (Å²) in [6, 6.07) is 2.15. The molecule has 4 N–H and O–H groups in total. The lowest BCUT2D eigenvalue weighted by Gasteiger charge is -2.30. The summed E-state index contributed by atoms with van der Waals surface area (Å²) in [6.07, 6.45) is 1.96. The third kappa shape index (κ3) is 2.76. The van der Waals surface area contributed by atoms with Gasteiger partial charge in [0.2, 0.25) is 0 Å². The van der Waals surface area contributed by atoms with E-state index in [1.807, 2.05) is 6.07 Å². The number of carbonyl (C=O) groups is 1. The van der Waals surface area contributed by atoms with Gasteiger partial charge in [-0.25, -0.2) is 4.79 Å². The number of hydrogen-bond donors (Lipinski definition) is 2. The van der Waals surface area contributed by atoms with Crippen molar-refractivity contribution in [3.05, 3.63) is 10.9 Å². The number of esters is 1. The zero-order valence-corrected chi connectivity index (χ0v) is 11.3. The summed E-state index contributed by atoms with van der Waals surface area (Å²) >= 11 is 1.40. The molecule has 18 heavy (non-hydrogen) atoms. The SMILES string of the molecule is CCOC(=O)c1sc(N2CCC(N)CC2)cc1N. The molecule has 1 aromatic rings. The van der Waals surface area contributed by atoms with Crippen LogP contribution in [0.2, 0.25) is 0 Å². The minimum Gasteiger partial charge on any atom is -0.462 e. The molecule has 0 saturated carbocycles. The van der Waals surface area contributed by atoms with Crippen molar-refractivity contribution in [2.24, 2.45) is 5.73 Å². The Morgan fingerprint density at radius 3 is 2.83 bits per heavy atom. The van der Waals surface area contributed by atoms with Gasteiger partial charge in [-0.3, -0.25) is 0 Å². The van der Waals surface area contributed by atoms with Crippen LogP contribution in [0.4, 0.5) is 10.7 Å². The van der Waals surface area contributed by atoms with Gasteiger partial charge in [0.25, 0.3) is 0 Å². The lowest BCUT2D eigenvalue weighted by Crippen LogP contribution is -2.39. The molecule has 0 bridgehead atoms. The molecule has 0 aromatic carbocycles. The van der Waals surface area contributed by atoms with Gasteiger partial charge in [0.05, 0.1) is 17.3 Å². The number of nitrogen functional groups attached to an aromatic ring is 1. The lowest BCUT2D eigenvalue weighted by atomic mass is 10.1. The molecule has 100 valence electrons. The number of piperidine rings is 1. The summed E-state index contributed by atoms with van der Waals surface area (Å²) in [5.74, 6) is -0.333. The fourth-order valence-electron chi connectivity index (χ4n) is 2.02. The van der Waals surface area contributed by atoms with E-state index in [4.69, 9.17) is 16.2 Å². The van der Waals surface area contributed by atoms with Gasteiger partial charge >= 0.3 is 5.97 Å². The Balaban J connectivity index is 2.11. The van der Waals surface area contributed by atoms with Crippen LogP contribution in [-0.2, 0) is 4.74 Å². The molecule has 1 aromatic heterocycles. The first kappa shape index (κ1) is 13.2. The van der Waals surface area contributed by atoms with Crippen molar-refractivity contribution in [2.75, 3.05) is 30.3 Å². The lowest BCUT2D eigenvalue weighted by molar-refractivity contribution is 0.0533. The van der Waals surface area contributed by atoms with Crippen LogP contribution in [0.5, 0.6) is 0 Å². The van der Waals surface area contributed by atoms with Crippen molar-refractivity contribution in [1.82, 2.24) is 0 Å². The largest absolute Gasteiger partial charge is 0.462 e. The molecule has 2 rings (SSSR count). The highest BCUT2D eigenvalue weighted by atomic mass is 32.1. The highest BCUT2D eigenvalue weighted by Crippen LogP contribution is 2.34. The molecule has 1 aliphatic heterocycles. The van der Waals surface area contributed by atoms with Gasteiger partial charge in [-0.2, -0.15) is 0 Å². The first-order chi connectivity index (χ1) is 8.61. The number of thiophene rings is 1. The Kier molecular flexibility index (Phi) is 4.08. The highest BCUT2D eigenvalue weighted by Gasteiger charge is 2.21. The summed E-state index contributed by atoms with van der Waals surface area (Å²) in [5, 5.41) is 1.03. The predicted molar refractivity (Wildman–Crippen MR) is 74.1 cm³/mol. The summed E-state index contributed by atoms with van der Waals surface area (Å²) in [4.78, 5) is 14.4. The standard InChI is InChI=1S/C12H19N3O2S/c1-2-17-12(16)11-9(14)7-10(18-11)15-5-3-8(13)4-6-15/h7-8H,2-6,13-14H2,1H3. The number of nitrogens with zero attached hydrogens (tertiary/aromatic N) is 1. The van der Waals surface area contributed by atoms with Gasteiger partial charge in [0.1, 0.15) is 4.88 Å². The first-order valence-corrected chi connectivity index (χ1v) is 7.00. The van der Waals surface area contributed by atoms with Gasteiger partial charge in [0.15, 0.2) is 0 Å². The van der Waals surface area contributed by atoms with Crippen LogP contribution in [0.25, 0.3) is 0 Å². The van der Waals surface area contributed by atoms with E-state index < -0.39 is 0 Å². The smallest absolute Gasteiger partial charge is 0.350 e. The molecule has 5 nitrogen and oxygen atoms in total. The maximum absolute atomic E-state index is 11.7. The van der Waals surface area contributed by atoms with Crippen molar-refractivity contribution < 1.29 is 9.53 Å². The maximum Gasteiger partial charge on any atom is 0.350 e. The molecule has 1 fully saturated rings. The normalized spacial score (nSPS) is 16.9. The van der Waals surface area contributed by atoms with Crippen LogP contribution in [0, 0.1) is 0 Å². The van der Waals surface area contributed by atoms with Crippen LogP contribution in [-0.4, -0.2) is 31.7 Å². The summed E-state index contributed by atoms with van der Waals surface area (Å²) < 4.78 is 4.98. The Morgan fingerprint density at radius 1 is 1.56 bits per heavy atom. The zero-order chi connectivity index (χ0) is 13.1. The van der Waals surface area contributed by atoms with E-state index in [1.54, 1.807) is 6.92 Å². The first-order valence-electron chi connectivity index (χ1n) is 6.18. The molecule has 0 spiro atoms. The molecular weight excluding hydrogens is 250 g/mol. The number of nitrogens with two attached hydrogens (primary N) is 2. The second-order valence-corrected chi connectivity index (χ2v) is 5.44. The summed E-state index contributed by atoms with van der Waals surface area (Å²) in [7, 11) is 0. The number of hydrogen-bond acceptors (Lipinski definition) is 6. The monoisotopic (exact) mass is 269 g/mol. The molecule has 1 saturated heterocycles. The third-order valence-corrected chi connectivity index (χ3v) is 4.25. The minimum absolute atomic E-state index is 0.295. The molecule has 0 amide bonds. The second kappa shape index (κ2) is 5.58. The number of rotatable bonds is 3. The minimum atomic E-state index is -0.333. The molecular formula is C12H19N3O2S. The maximum atomic E-state index is 11.7. The van der Waals surface area contributed by atoms with Gasteiger partial charge in [-0.15, -0.1) is 11.3 Å². The van der Waals surface area contributed by atoms with Crippen molar-refractivity contribution in [1.29, 1.82) is 0 Å². The molecule has 2 heterocycles. The van der Waals surface area contributed by atoms with E-state index in [0.29, 0.717) is 23.2 Å². The van der Waals surface area contributed by atoms with Gasteiger partial charge in [0, 0.05) is 19.1 Å². The summed E-state index contributed by atoms with van der Waals surface area (Å²) in [6.45, 7) is 3.99. The number of ether oxygens (including phenoxy) is 1. The van der Waals surface area contributed by atoms with Gasteiger partial charge in [-0.05, 0) is 25.8 Å².